The molecule has 4 fully saturated rings. The van der Waals surface area contributed by atoms with Crippen LogP contribution in [0.15, 0.2) is 42.1 Å². The van der Waals surface area contributed by atoms with E-state index < -0.39 is 5.79 Å². The first-order valence-corrected chi connectivity index (χ1v) is 12.7. The summed E-state index contributed by atoms with van der Waals surface area (Å²) in [5, 5.41) is 0. The lowest BCUT2D eigenvalue weighted by Crippen LogP contribution is -2.57. The van der Waals surface area contributed by atoms with Crippen molar-refractivity contribution in [2.24, 2.45) is 11.8 Å². The van der Waals surface area contributed by atoms with Crippen LogP contribution in [0.5, 0.6) is 0 Å². The highest BCUT2D eigenvalue weighted by molar-refractivity contribution is 5.83. The van der Waals surface area contributed by atoms with Gasteiger partial charge < -0.3 is 23.8 Å². The Kier molecular flexibility index (Phi) is 6.77. The number of carbonyl (C=O) groups is 1. The molecule has 0 N–H and O–H groups in total. The van der Waals surface area contributed by atoms with Crippen molar-refractivity contribution in [1.82, 2.24) is 4.90 Å². The Morgan fingerprint density at radius 2 is 2.03 bits per heavy atom. The fourth-order valence-electron chi connectivity index (χ4n) is 6.91. The van der Waals surface area contributed by atoms with Gasteiger partial charge in [0.25, 0.3) is 0 Å². The number of rotatable bonds is 8. The van der Waals surface area contributed by atoms with Gasteiger partial charge in [-0.15, -0.1) is 0 Å². The molecule has 0 amide bonds. The maximum Gasteiger partial charge on any atom is 0.332 e. The summed E-state index contributed by atoms with van der Waals surface area (Å²) in [6.45, 7) is 5.90. The Bertz CT molecular complexity index is 849. The minimum absolute atomic E-state index is 0.0382. The van der Waals surface area contributed by atoms with Crippen molar-refractivity contribution in [2.75, 3.05) is 33.0 Å². The number of esters is 1. The molecular weight excluding hydrogens is 418 g/mol. The highest BCUT2D eigenvalue weighted by atomic mass is 16.7. The minimum atomic E-state index is -0.429. The van der Waals surface area contributed by atoms with Crippen LogP contribution >= 0.6 is 0 Å². The number of nitrogens with zero attached hydrogens (tertiary/aromatic N) is 1. The molecule has 3 saturated heterocycles. The molecule has 3 atom stereocenters. The normalized spacial score (nSPS) is 31.2. The zero-order chi connectivity index (χ0) is 22.7. The molecule has 0 radical (unpaired) electrons. The van der Waals surface area contributed by atoms with E-state index in [4.69, 9.17) is 18.9 Å². The zero-order valence-electron chi connectivity index (χ0n) is 19.8. The molecule has 1 saturated carbocycles. The van der Waals surface area contributed by atoms with E-state index in [1.165, 1.54) is 24.1 Å². The Labute approximate surface area is 197 Å². The van der Waals surface area contributed by atoms with Crippen molar-refractivity contribution in [3.63, 3.8) is 0 Å². The van der Waals surface area contributed by atoms with E-state index in [2.05, 4.69) is 17.0 Å². The van der Waals surface area contributed by atoms with Crippen molar-refractivity contribution in [3.8, 4) is 0 Å². The van der Waals surface area contributed by atoms with Crippen LogP contribution in [0.1, 0.15) is 57.4 Å². The van der Waals surface area contributed by atoms with Gasteiger partial charge in [-0.3, -0.25) is 0 Å². The first-order valence-electron chi connectivity index (χ1n) is 12.7. The maximum atomic E-state index is 12.5. The van der Waals surface area contributed by atoms with E-state index in [1.807, 2.05) is 25.1 Å². The van der Waals surface area contributed by atoms with Crippen molar-refractivity contribution in [2.45, 2.75) is 69.8 Å². The number of allylic oxidation sites excluding steroid dienone is 1. The molecule has 4 aliphatic rings. The van der Waals surface area contributed by atoms with Gasteiger partial charge in [-0.25, -0.2) is 4.79 Å². The molecule has 6 heteroatoms. The summed E-state index contributed by atoms with van der Waals surface area (Å²) >= 11 is 0. The van der Waals surface area contributed by atoms with Crippen molar-refractivity contribution in [1.29, 1.82) is 0 Å². The van der Waals surface area contributed by atoms with Gasteiger partial charge in [0.15, 0.2) is 5.79 Å². The molecule has 3 aliphatic heterocycles. The second kappa shape index (κ2) is 9.77. The summed E-state index contributed by atoms with van der Waals surface area (Å²) in [6, 6.07) is 10.3. The lowest BCUT2D eigenvalue weighted by molar-refractivity contribution is -0.209. The van der Waals surface area contributed by atoms with Gasteiger partial charge >= 0.3 is 5.97 Å². The van der Waals surface area contributed by atoms with E-state index in [0.29, 0.717) is 38.3 Å². The van der Waals surface area contributed by atoms with Crippen LogP contribution < -0.4 is 0 Å². The van der Waals surface area contributed by atoms with Crippen LogP contribution in [-0.4, -0.2) is 55.2 Å². The molecule has 0 aromatic heterocycles. The summed E-state index contributed by atoms with van der Waals surface area (Å²) in [6.07, 6.45) is 9.13. The van der Waals surface area contributed by atoms with Crippen LogP contribution in [0.4, 0.5) is 0 Å². The standard InChI is InChI=1S/C27H37NO5/c1-2-31-25(29)18-24-22(10-7-15-30-19-21-8-4-3-5-9-21)23-11-6-12-26(23)20-27(13-14-28(24)26)32-16-17-33-27/h3-5,8-9,18,22-23H,2,6-7,10-17,19-20H2,1H3/b24-18+. The van der Waals surface area contributed by atoms with Crippen LogP contribution in [-0.2, 0) is 30.3 Å². The van der Waals surface area contributed by atoms with Gasteiger partial charge in [-0.2, -0.15) is 0 Å². The molecule has 0 bridgehead atoms. The SMILES string of the molecule is CCOC(=O)/C=C1\C(CCCOCc2ccccc2)C2CCCC23CC2(CCN13)OCCO2. The molecule has 1 aliphatic carbocycles. The smallest absolute Gasteiger partial charge is 0.332 e. The molecular formula is C27H37NO5. The first-order chi connectivity index (χ1) is 16.2. The molecule has 1 aromatic carbocycles. The van der Waals surface area contributed by atoms with Crippen molar-refractivity contribution < 1.29 is 23.7 Å². The number of carbonyl (C=O) groups excluding carboxylic acids is 1. The highest BCUT2D eigenvalue weighted by Crippen LogP contribution is 2.61. The second-order valence-corrected chi connectivity index (χ2v) is 9.90. The fraction of sp³-hybridized carbons (Fsp3) is 0.667. The summed E-state index contributed by atoms with van der Waals surface area (Å²) in [4.78, 5) is 15.1. The molecule has 6 nitrogen and oxygen atoms in total. The third-order valence-corrected chi connectivity index (χ3v) is 8.10. The summed E-state index contributed by atoms with van der Waals surface area (Å²) in [7, 11) is 0. The second-order valence-electron chi connectivity index (χ2n) is 9.90. The Morgan fingerprint density at radius 1 is 1.21 bits per heavy atom. The van der Waals surface area contributed by atoms with Crippen LogP contribution in [0.3, 0.4) is 0 Å². The third-order valence-electron chi connectivity index (χ3n) is 8.10. The van der Waals surface area contributed by atoms with Crippen LogP contribution in [0.2, 0.25) is 0 Å². The topological polar surface area (TPSA) is 57.2 Å². The van der Waals surface area contributed by atoms with Crippen molar-refractivity contribution in [3.05, 3.63) is 47.7 Å². The first kappa shape index (κ1) is 22.9. The monoisotopic (exact) mass is 455 g/mol. The average molecular weight is 456 g/mol. The fourth-order valence-corrected chi connectivity index (χ4v) is 6.91. The van der Waals surface area contributed by atoms with Gasteiger partial charge in [-0.05, 0) is 44.1 Å². The molecule has 180 valence electrons. The van der Waals surface area contributed by atoms with Gasteiger partial charge in [0.05, 0.1) is 26.4 Å². The van der Waals surface area contributed by atoms with Gasteiger partial charge in [0.2, 0.25) is 0 Å². The Hall–Kier alpha value is -1.89. The number of benzene rings is 1. The lowest BCUT2D eigenvalue weighted by atomic mass is 9.74. The van der Waals surface area contributed by atoms with Gasteiger partial charge in [0.1, 0.15) is 0 Å². The molecule has 33 heavy (non-hydrogen) atoms. The lowest BCUT2D eigenvalue weighted by Gasteiger charge is -2.50. The average Bonchev–Trinajstić information content (AvgIpc) is 3.49. The summed E-state index contributed by atoms with van der Waals surface area (Å²) in [5.41, 5.74) is 2.42. The number of ether oxygens (including phenoxy) is 4. The predicted octanol–water partition coefficient (Wildman–Crippen LogP) is 4.44. The molecule has 1 aromatic rings. The Morgan fingerprint density at radius 3 is 2.82 bits per heavy atom. The molecule has 5 rings (SSSR count). The van der Waals surface area contributed by atoms with E-state index >= 15 is 0 Å². The number of hydrogen-bond donors (Lipinski definition) is 0. The van der Waals surface area contributed by atoms with Gasteiger partial charge in [-0.1, -0.05) is 36.8 Å². The minimum Gasteiger partial charge on any atom is -0.463 e. The molecule has 3 unspecified atom stereocenters. The van der Waals surface area contributed by atoms with Gasteiger partial charge in [0, 0.05) is 49.2 Å². The summed E-state index contributed by atoms with van der Waals surface area (Å²) < 4.78 is 23.6. The highest BCUT2D eigenvalue weighted by Gasteiger charge is 2.63. The third kappa shape index (κ3) is 4.45. The van der Waals surface area contributed by atoms with E-state index in [1.54, 1.807) is 6.08 Å². The predicted molar refractivity (Wildman–Crippen MR) is 124 cm³/mol. The van der Waals surface area contributed by atoms with Crippen LogP contribution in [0, 0.1) is 11.8 Å². The van der Waals surface area contributed by atoms with E-state index in [0.717, 1.165) is 45.3 Å². The maximum absolute atomic E-state index is 12.5. The van der Waals surface area contributed by atoms with Crippen molar-refractivity contribution >= 4 is 5.97 Å². The Balaban J connectivity index is 1.31. The van der Waals surface area contributed by atoms with Crippen LogP contribution in [0.25, 0.3) is 0 Å². The zero-order valence-corrected chi connectivity index (χ0v) is 19.8. The van der Waals surface area contributed by atoms with E-state index in [9.17, 15) is 4.79 Å². The molecule has 3 heterocycles. The number of piperidine rings is 1. The quantitative estimate of drug-likeness (QED) is 0.328. The van der Waals surface area contributed by atoms with E-state index in [-0.39, 0.29) is 11.5 Å². The molecule has 2 spiro atoms. The largest absolute Gasteiger partial charge is 0.463 e. The summed E-state index contributed by atoms with van der Waals surface area (Å²) in [5.74, 6) is 0.231. The number of hydrogen-bond acceptors (Lipinski definition) is 6.